The summed E-state index contributed by atoms with van der Waals surface area (Å²) < 4.78 is 0. The predicted molar refractivity (Wildman–Crippen MR) is 78.7 cm³/mol. The van der Waals surface area contributed by atoms with Crippen LogP contribution in [0.4, 0.5) is 5.69 Å². The van der Waals surface area contributed by atoms with E-state index in [1.807, 2.05) is 32.2 Å². The molecule has 2 atom stereocenters. The molecule has 0 saturated carbocycles. The highest BCUT2D eigenvalue weighted by Gasteiger charge is 2.26. The van der Waals surface area contributed by atoms with Crippen molar-refractivity contribution in [1.29, 1.82) is 0 Å². The number of halogens is 1. The molecule has 2 N–H and O–H groups in total. The summed E-state index contributed by atoms with van der Waals surface area (Å²) in [5, 5.41) is 6.77. The number of anilines is 1. The summed E-state index contributed by atoms with van der Waals surface area (Å²) in [7, 11) is 1.91. The summed E-state index contributed by atoms with van der Waals surface area (Å²) in [5.74, 6) is 0.0649. The summed E-state index contributed by atoms with van der Waals surface area (Å²) in [4.78, 5) is 13.8. The molecule has 1 aromatic rings. The lowest BCUT2D eigenvalue weighted by molar-refractivity contribution is -0.122. The second-order valence-corrected chi connectivity index (χ2v) is 5.28. The Morgan fingerprint density at radius 3 is 2.89 bits per heavy atom. The predicted octanol–water partition coefficient (Wildman–Crippen LogP) is 1.95. The van der Waals surface area contributed by atoms with E-state index in [4.69, 9.17) is 11.6 Å². The zero-order chi connectivity index (χ0) is 14.0. The van der Waals surface area contributed by atoms with Crippen LogP contribution < -0.4 is 15.5 Å². The average molecular weight is 282 g/mol. The fraction of sp³-hybridized carbons (Fsp3) is 0.500. The van der Waals surface area contributed by atoms with E-state index >= 15 is 0 Å². The van der Waals surface area contributed by atoms with E-state index in [2.05, 4.69) is 22.5 Å². The summed E-state index contributed by atoms with van der Waals surface area (Å²) >= 11 is 6.34. The van der Waals surface area contributed by atoms with Gasteiger partial charge in [-0.25, -0.2) is 0 Å². The van der Waals surface area contributed by atoms with Crippen LogP contribution in [0, 0.1) is 0 Å². The number of amides is 1. The Hall–Kier alpha value is -1.26. The summed E-state index contributed by atoms with van der Waals surface area (Å²) in [6.45, 7) is 5.46. The quantitative estimate of drug-likeness (QED) is 0.890. The average Bonchev–Trinajstić information content (AvgIpc) is 2.41. The number of rotatable bonds is 3. The van der Waals surface area contributed by atoms with Gasteiger partial charge in [0.05, 0.1) is 0 Å². The molecule has 0 spiro atoms. The zero-order valence-corrected chi connectivity index (χ0v) is 12.3. The van der Waals surface area contributed by atoms with Gasteiger partial charge in [0.1, 0.15) is 6.04 Å². The van der Waals surface area contributed by atoms with Gasteiger partial charge in [-0.3, -0.25) is 4.79 Å². The largest absolute Gasteiger partial charge is 0.358 e. The van der Waals surface area contributed by atoms with Crippen LogP contribution in [0.2, 0.25) is 5.02 Å². The van der Waals surface area contributed by atoms with Crippen LogP contribution in [-0.2, 0) is 4.79 Å². The first-order valence-corrected chi connectivity index (χ1v) is 6.93. The van der Waals surface area contributed by atoms with Crippen molar-refractivity contribution in [1.82, 2.24) is 10.6 Å². The minimum atomic E-state index is -0.155. The molecule has 1 saturated heterocycles. The maximum absolute atomic E-state index is 11.7. The number of piperazine rings is 1. The molecule has 0 bridgehead atoms. The van der Waals surface area contributed by atoms with E-state index in [0.717, 1.165) is 22.8 Å². The second kappa shape index (κ2) is 5.80. The molecule has 4 nitrogen and oxygen atoms in total. The van der Waals surface area contributed by atoms with Gasteiger partial charge in [0.15, 0.2) is 0 Å². The number of nitrogens with one attached hydrogen (secondary N) is 2. The first-order valence-electron chi connectivity index (χ1n) is 6.55. The standard InChI is InChI=1S/C14H20ClN3O/c1-9(16-3)12-5-4-11(8-13(12)15)18-7-6-17-14(19)10(18)2/h4-5,8-10,16H,6-7H2,1-3H3,(H,17,19). The minimum absolute atomic E-state index is 0.0649. The monoisotopic (exact) mass is 281 g/mol. The first kappa shape index (κ1) is 14.2. The van der Waals surface area contributed by atoms with Gasteiger partial charge in [0, 0.05) is 29.8 Å². The highest BCUT2D eigenvalue weighted by molar-refractivity contribution is 6.31. The minimum Gasteiger partial charge on any atom is -0.358 e. The van der Waals surface area contributed by atoms with Crippen molar-refractivity contribution in [2.24, 2.45) is 0 Å². The molecule has 2 rings (SSSR count). The third kappa shape index (κ3) is 2.85. The number of hydrogen-bond acceptors (Lipinski definition) is 3. The van der Waals surface area contributed by atoms with Crippen LogP contribution in [0.25, 0.3) is 0 Å². The molecular formula is C14H20ClN3O. The van der Waals surface area contributed by atoms with Crippen LogP contribution >= 0.6 is 11.6 Å². The highest BCUT2D eigenvalue weighted by Crippen LogP contribution is 2.29. The Morgan fingerprint density at radius 1 is 1.53 bits per heavy atom. The Bertz CT molecular complexity index is 478. The third-order valence-electron chi connectivity index (χ3n) is 3.71. The van der Waals surface area contributed by atoms with E-state index in [1.165, 1.54) is 0 Å². The molecule has 1 aromatic carbocycles. The molecule has 104 valence electrons. The summed E-state index contributed by atoms with van der Waals surface area (Å²) in [6.07, 6.45) is 0. The molecule has 19 heavy (non-hydrogen) atoms. The SMILES string of the molecule is CNC(C)c1ccc(N2CCNC(=O)C2C)cc1Cl. The molecule has 2 unspecified atom stereocenters. The lowest BCUT2D eigenvalue weighted by Gasteiger charge is -2.35. The van der Waals surface area contributed by atoms with E-state index in [0.29, 0.717) is 6.54 Å². The van der Waals surface area contributed by atoms with Crippen molar-refractivity contribution in [2.45, 2.75) is 25.9 Å². The molecule has 0 aliphatic carbocycles. The van der Waals surface area contributed by atoms with Gasteiger partial charge in [-0.2, -0.15) is 0 Å². The van der Waals surface area contributed by atoms with Gasteiger partial charge in [0.2, 0.25) is 5.91 Å². The van der Waals surface area contributed by atoms with Crippen LogP contribution in [0.1, 0.15) is 25.5 Å². The van der Waals surface area contributed by atoms with Crippen LogP contribution in [0.3, 0.4) is 0 Å². The van der Waals surface area contributed by atoms with Crippen molar-refractivity contribution in [3.05, 3.63) is 28.8 Å². The fourth-order valence-electron chi connectivity index (χ4n) is 2.34. The Kier molecular flexibility index (Phi) is 4.32. The first-order chi connectivity index (χ1) is 9.04. The molecule has 1 fully saturated rings. The lowest BCUT2D eigenvalue weighted by Crippen LogP contribution is -2.54. The van der Waals surface area contributed by atoms with Gasteiger partial charge in [-0.15, -0.1) is 0 Å². The number of hydrogen-bond donors (Lipinski definition) is 2. The van der Waals surface area contributed by atoms with Crippen molar-refractivity contribution in [2.75, 3.05) is 25.0 Å². The Morgan fingerprint density at radius 2 is 2.26 bits per heavy atom. The highest BCUT2D eigenvalue weighted by atomic mass is 35.5. The van der Waals surface area contributed by atoms with Crippen LogP contribution in [0.5, 0.6) is 0 Å². The topological polar surface area (TPSA) is 44.4 Å². The summed E-state index contributed by atoms with van der Waals surface area (Å²) in [6, 6.07) is 6.06. The van der Waals surface area contributed by atoms with Crippen molar-refractivity contribution >= 4 is 23.2 Å². The van der Waals surface area contributed by atoms with Crippen molar-refractivity contribution in [3.63, 3.8) is 0 Å². The van der Waals surface area contributed by atoms with Crippen molar-refractivity contribution < 1.29 is 4.79 Å². The normalized spacial score (nSPS) is 21.2. The number of carbonyl (C=O) groups is 1. The number of benzene rings is 1. The molecule has 1 aliphatic heterocycles. The molecule has 5 heteroatoms. The number of nitrogens with zero attached hydrogens (tertiary/aromatic N) is 1. The van der Waals surface area contributed by atoms with Gasteiger partial charge >= 0.3 is 0 Å². The van der Waals surface area contributed by atoms with Gasteiger partial charge in [-0.1, -0.05) is 17.7 Å². The zero-order valence-electron chi connectivity index (χ0n) is 11.5. The van der Waals surface area contributed by atoms with E-state index in [1.54, 1.807) is 0 Å². The maximum Gasteiger partial charge on any atom is 0.242 e. The molecule has 0 radical (unpaired) electrons. The second-order valence-electron chi connectivity index (χ2n) is 4.88. The van der Waals surface area contributed by atoms with Crippen LogP contribution in [-0.4, -0.2) is 32.1 Å². The van der Waals surface area contributed by atoms with Gasteiger partial charge < -0.3 is 15.5 Å². The van der Waals surface area contributed by atoms with E-state index < -0.39 is 0 Å². The smallest absolute Gasteiger partial charge is 0.242 e. The van der Waals surface area contributed by atoms with Gasteiger partial charge in [-0.05, 0) is 38.6 Å². The number of carbonyl (C=O) groups excluding carboxylic acids is 1. The van der Waals surface area contributed by atoms with Gasteiger partial charge in [0.25, 0.3) is 0 Å². The third-order valence-corrected chi connectivity index (χ3v) is 4.04. The fourth-order valence-corrected chi connectivity index (χ4v) is 2.67. The molecule has 0 aromatic heterocycles. The van der Waals surface area contributed by atoms with Crippen LogP contribution in [0.15, 0.2) is 18.2 Å². The van der Waals surface area contributed by atoms with E-state index in [9.17, 15) is 4.79 Å². The maximum atomic E-state index is 11.7. The molecule has 1 heterocycles. The molecule has 1 amide bonds. The Labute approximate surface area is 119 Å². The summed E-state index contributed by atoms with van der Waals surface area (Å²) in [5.41, 5.74) is 2.07. The molecular weight excluding hydrogens is 262 g/mol. The Balaban J connectivity index is 2.26. The van der Waals surface area contributed by atoms with E-state index in [-0.39, 0.29) is 18.0 Å². The molecule has 1 aliphatic rings. The lowest BCUT2D eigenvalue weighted by atomic mass is 10.1. The van der Waals surface area contributed by atoms with Crippen molar-refractivity contribution in [3.8, 4) is 0 Å².